The number of nitrogens with zero attached hydrogens (tertiary/aromatic N) is 2. The van der Waals surface area contributed by atoms with Crippen molar-refractivity contribution >= 4 is 63.0 Å². The number of nitrogens with one attached hydrogen (secondary N) is 1. The molecule has 158 valence electrons. The SMILES string of the molecule is COCCN1C(=O)/C(=C2/C(=O)N(CC(=O)Nc3ccccc3)c3ccccc32)SC1=S. The molecule has 9 heteroatoms. The third-order valence-corrected chi connectivity index (χ3v) is 6.33. The number of para-hydroxylation sites is 2. The van der Waals surface area contributed by atoms with Crippen LogP contribution in [0.4, 0.5) is 11.4 Å². The summed E-state index contributed by atoms with van der Waals surface area (Å²) < 4.78 is 5.43. The summed E-state index contributed by atoms with van der Waals surface area (Å²) in [4.78, 5) is 42.0. The standard InChI is InChI=1S/C22H19N3O4S2/c1-29-12-11-24-21(28)19(31-22(24)30)18-15-9-5-6-10-16(15)25(20(18)27)13-17(26)23-14-7-3-2-4-8-14/h2-10H,11-13H2,1H3,(H,23,26)/b19-18-. The molecule has 2 aromatic rings. The highest BCUT2D eigenvalue weighted by molar-refractivity contribution is 8.26. The number of anilines is 2. The van der Waals surface area contributed by atoms with Gasteiger partial charge in [0.1, 0.15) is 10.9 Å². The van der Waals surface area contributed by atoms with Crippen LogP contribution in [0.1, 0.15) is 5.56 Å². The van der Waals surface area contributed by atoms with Crippen molar-refractivity contribution < 1.29 is 19.1 Å². The maximum absolute atomic E-state index is 13.3. The Hall–Kier alpha value is -3.01. The highest BCUT2D eigenvalue weighted by atomic mass is 32.2. The zero-order valence-electron chi connectivity index (χ0n) is 16.7. The minimum Gasteiger partial charge on any atom is -0.383 e. The average Bonchev–Trinajstić information content (AvgIpc) is 3.20. The highest BCUT2D eigenvalue weighted by Gasteiger charge is 2.42. The van der Waals surface area contributed by atoms with Gasteiger partial charge in [0.25, 0.3) is 11.8 Å². The summed E-state index contributed by atoms with van der Waals surface area (Å²) >= 11 is 6.45. The molecule has 0 bridgehead atoms. The Bertz CT molecular complexity index is 1100. The third-order valence-electron chi connectivity index (χ3n) is 4.88. The lowest BCUT2D eigenvalue weighted by Crippen LogP contribution is -2.35. The summed E-state index contributed by atoms with van der Waals surface area (Å²) in [7, 11) is 1.55. The Morgan fingerprint density at radius 1 is 1.03 bits per heavy atom. The summed E-state index contributed by atoms with van der Waals surface area (Å²) in [5.41, 5.74) is 2.13. The summed E-state index contributed by atoms with van der Waals surface area (Å²) in [6.07, 6.45) is 0. The molecular weight excluding hydrogens is 434 g/mol. The van der Waals surface area contributed by atoms with Crippen LogP contribution in [-0.2, 0) is 19.1 Å². The number of hydrogen-bond acceptors (Lipinski definition) is 6. The zero-order valence-corrected chi connectivity index (χ0v) is 18.3. The van der Waals surface area contributed by atoms with Gasteiger partial charge in [0, 0.05) is 18.4 Å². The fourth-order valence-electron chi connectivity index (χ4n) is 3.45. The quantitative estimate of drug-likeness (QED) is 0.535. The van der Waals surface area contributed by atoms with Gasteiger partial charge in [0.05, 0.1) is 29.3 Å². The molecular formula is C22H19N3O4S2. The van der Waals surface area contributed by atoms with E-state index in [2.05, 4.69) is 5.32 Å². The maximum Gasteiger partial charge on any atom is 0.267 e. The summed E-state index contributed by atoms with van der Waals surface area (Å²) in [6.45, 7) is 0.487. The van der Waals surface area contributed by atoms with Crippen LogP contribution >= 0.6 is 24.0 Å². The number of thiocarbonyl (C=S) groups is 1. The number of amides is 3. The predicted octanol–water partition coefficient (Wildman–Crippen LogP) is 2.89. The van der Waals surface area contributed by atoms with Crippen molar-refractivity contribution in [3.05, 3.63) is 65.1 Å². The molecule has 0 spiro atoms. The van der Waals surface area contributed by atoms with Gasteiger partial charge < -0.3 is 10.1 Å². The van der Waals surface area contributed by atoms with Gasteiger partial charge in [-0.15, -0.1) is 0 Å². The molecule has 2 aliphatic rings. The molecule has 2 aliphatic heterocycles. The van der Waals surface area contributed by atoms with Crippen molar-refractivity contribution in [2.75, 3.05) is 37.0 Å². The molecule has 0 saturated carbocycles. The highest BCUT2D eigenvalue weighted by Crippen LogP contribution is 2.44. The van der Waals surface area contributed by atoms with Crippen molar-refractivity contribution in [2.45, 2.75) is 0 Å². The van der Waals surface area contributed by atoms with Crippen LogP contribution in [0.3, 0.4) is 0 Å². The van der Waals surface area contributed by atoms with E-state index < -0.39 is 5.91 Å². The van der Waals surface area contributed by atoms with E-state index in [-0.39, 0.29) is 28.8 Å². The predicted molar refractivity (Wildman–Crippen MR) is 125 cm³/mol. The van der Waals surface area contributed by atoms with Crippen LogP contribution in [0.25, 0.3) is 5.57 Å². The lowest BCUT2D eigenvalue weighted by molar-refractivity contribution is -0.122. The van der Waals surface area contributed by atoms with E-state index in [0.717, 1.165) is 11.8 Å². The van der Waals surface area contributed by atoms with E-state index in [1.165, 1.54) is 9.80 Å². The van der Waals surface area contributed by atoms with Gasteiger partial charge in [-0.05, 0) is 18.2 Å². The first kappa shape index (κ1) is 21.2. The van der Waals surface area contributed by atoms with Crippen LogP contribution in [0.5, 0.6) is 0 Å². The van der Waals surface area contributed by atoms with E-state index in [9.17, 15) is 14.4 Å². The molecule has 1 N–H and O–H groups in total. The van der Waals surface area contributed by atoms with E-state index in [1.54, 1.807) is 43.5 Å². The normalized spacial score (nSPS) is 18.0. The first-order chi connectivity index (χ1) is 15.0. The monoisotopic (exact) mass is 453 g/mol. The van der Waals surface area contributed by atoms with Crippen molar-refractivity contribution in [3.63, 3.8) is 0 Å². The Morgan fingerprint density at radius 2 is 1.74 bits per heavy atom. The second kappa shape index (κ2) is 9.01. The molecule has 7 nitrogen and oxygen atoms in total. The molecule has 4 rings (SSSR count). The summed E-state index contributed by atoms with van der Waals surface area (Å²) in [6, 6.07) is 16.2. The van der Waals surface area contributed by atoms with Gasteiger partial charge in [0.15, 0.2) is 0 Å². The topological polar surface area (TPSA) is 79.0 Å². The maximum atomic E-state index is 13.3. The summed E-state index contributed by atoms with van der Waals surface area (Å²) in [5, 5.41) is 2.79. The van der Waals surface area contributed by atoms with Gasteiger partial charge in [-0.2, -0.15) is 0 Å². The molecule has 2 heterocycles. The van der Waals surface area contributed by atoms with Crippen molar-refractivity contribution in [2.24, 2.45) is 0 Å². The molecule has 1 saturated heterocycles. The van der Waals surface area contributed by atoms with E-state index in [0.29, 0.717) is 34.4 Å². The molecule has 1 fully saturated rings. The van der Waals surface area contributed by atoms with Gasteiger partial charge in [-0.1, -0.05) is 60.4 Å². The zero-order chi connectivity index (χ0) is 22.0. The lowest BCUT2D eigenvalue weighted by atomic mass is 10.1. The minimum atomic E-state index is -0.392. The number of thioether (sulfide) groups is 1. The Balaban J connectivity index is 1.64. The van der Waals surface area contributed by atoms with Crippen LogP contribution in [0.2, 0.25) is 0 Å². The Kier molecular flexibility index (Phi) is 6.17. The number of fused-ring (bicyclic) bond motifs is 1. The second-order valence-corrected chi connectivity index (χ2v) is 8.49. The molecule has 0 aromatic heterocycles. The number of methoxy groups -OCH3 is 1. The minimum absolute atomic E-state index is 0.168. The van der Waals surface area contributed by atoms with Crippen LogP contribution in [0.15, 0.2) is 59.5 Å². The van der Waals surface area contributed by atoms with E-state index >= 15 is 0 Å². The van der Waals surface area contributed by atoms with Crippen LogP contribution < -0.4 is 10.2 Å². The molecule has 31 heavy (non-hydrogen) atoms. The lowest BCUT2D eigenvalue weighted by Gasteiger charge is -2.16. The van der Waals surface area contributed by atoms with Crippen LogP contribution in [-0.4, -0.2) is 53.7 Å². The van der Waals surface area contributed by atoms with Crippen LogP contribution in [0, 0.1) is 0 Å². The molecule has 0 atom stereocenters. The number of rotatable bonds is 6. The van der Waals surface area contributed by atoms with E-state index in [1.807, 2.05) is 18.2 Å². The van der Waals surface area contributed by atoms with Gasteiger partial charge in [-0.25, -0.2) is 0 Å². The van der Waals surface area contributed by atoms with Crippen molar-refractivity contribution in [1.82, 2.24) is 4.90 Å². The van der Waals surface area contributed by atoms with Gasteiger partial charge in [-0.3, -0.25) is 24.2 Å². The second-order valence-electron chi connectivity index (χ2n) is 6.84. The fourth-order valence-corrected chi connectivity index (χ4v) is 4.83. The van der Waals surface area contributed by atoms with Gasteiger partial charge in [0.2, 0.25) is 5.91 Å². The molecule has 3 amide bonds. The van der Waals surface area contributed by atoms with Gasteiger partial charge >= 0.3 is 0 Å². The van der Waals surface area contributed by atoms with E-state index in [4.69, 9.17) is 17.0 Å². The molecule has 0 unspecified atom stereocenters. The number of ether oxygens (including phenoxy) is 1. The largest absolute Gasteiger partial charge is 0.383 e. The average molecular weight is 454 g/mol. The fraction of sp³-hybridized carbons (Fsp3) is 0.182. The van der Waals surface area contributed by atoms with Crippen molar-refractivity contribution in [3.8, 4) is 0 Å². The third kappa shape index (κ3) is 4.12. The van der Waals surface area contributed by atoms with Crippen molar-refractivity contribution in [1.29, 1.82) is 0 Å². The Labute approximate surface area is 189 Å². The summed E-state index contributed by atoms with van der Waals surface area (Å²) in [5.74, 6) is -1.04. The molecule has 2 aromatic carbocycles. The molecule has 0 aliphatic carbocycles. The number of carbonyl (C=O) groups is 3. The number of carbonyl (C=O) groups excluding carboxylic acids is 3. The molecule has 0 radical (unpaired) electrons. The Morgan fingerprint density at radius 3 is 2.48 bits per heavy atom. The number of hydrogen-bond donors (Lipinski definition) is 1. The first-order valence-electron chi connectivity index (χ1n) is 9.54. The first-order valence-corrected chi connectivity index (χ1v) is 10.8. The smallest absolute Gasteiger partial charge is 0.267 e. The number of benzene rings is 2.